The van der Waals surface area contributed by atoms with Gasteiger partial charge in [0.15, 0.2) is 0 Å². The molecule has 0 radical (unpaired) electrons. The number of hydrogen-bond donors (Lipinski definition) is 1. The Balaban J connectivity index is 2.38. The van der Waals surface area contributed by atoms with E-state index < -0.39 is 16.0 Å². The first-order valence-corrected chi connectivity index (χ1v) is 8.66. The number of carboxylic acids is 1. The zero-order chi connectivity index (χ0) is 15.6. The van der Waals surface area contributed by atoms with Crippen molar-refractivity contribution in [3.8, 4) is 0 Å². The lowest BCUT2D eigenvalue weighted by Crippen LogP contribution is -2.40. The minimum Gasteiger partial charge on any atom is -0.478 e. The predicted octanol–water partition coefficient (Wildman–Crippen LogP) is 1.95. The number of aromatic carboxylic acids is 1. The van der Waals surface area contributed by atoms with E-state index in [1.165, 1.54) is 29.6 Å². The first kappa shape index (κ1) is 16.4. The monoisotopic (exact) mass is 377 g/mol. The molecule has 1 aromatic rings. The summed E-state index contributed by atoms with van der Waals surface area (Å²) in [5.74, 6) is -1.16. The fourth-order valence-corrected chi connectivity index (χ4v) is 4.60. The van der Waals surface area contributed by atoms with E-state index in [9.17, 15) is 13.2 Å². The smallest absolute Gasteiger partial charge is 0.335 e. The van der Waals surface area contributed by atoms with E-state index in [1.54, 1.807) is 0 Å². The number of carbonyl (C=O) groups is 1. The van der Waals surface area contributed by atoms with Gasteiger partial charge in [0.05, 0.1) is 10.5 Å². The SMILES string of the molecule is CN(C1CCOCC1)S(=O)(=O)c1cc(C(=O)O)ccc1Br. The average molecular weight is 378 g/mol. The van der Waals surface area contributed by atoms with Crippen molar-refractivity contribution >= 4 is 31.9 Å². The molecule has 21 heavy (non-hydrogen) atoms. The Kier molecular flexibility index (Phi) is 5.03. The Labute approximate surface area is 131 Å². The molecular formula is C13H16BrNO5S. The van der Waals surface area contributed by atoms with Crippen molar-refractivity contribution in [1.82, 2.24) is 4.31 Å². The van der Waals surface area contributed by atoms with Crippen LogP contribution in [0.5, 0.6) is 0 Å². The van der Waals surface area contributed by atoms with Crippen LogP contribution in [0, 0.1) is 0 Å². The largest absolute Gasteiger partial charge is 0.478 e. The molecule has 0 spiro atoms. The van der Waals surface area contributed by atoms with Crippen LogP contribution in [0.4, 0.5) is 0 Å². The Morgan fingerprint density at radius 1 is 1.38 bits per heavy atom. The summed E-state index contributed by atoms with van der Waals surface area (Å²) in [6.45, 7) is 1.06. The maximum Gasteiger partial charge on any atom is 0.335 e. The summed E-state index contributed by atoms with van der Waals surface area (Å²) in [6, 6.07) is 3.84. The van der Waals surface area contributed by atoms with Crippen LogP contribution in [0.25, 0.3) is 0 Å². The fourth-order valence-electron chi connectivity index (χ4n) is 2.23. The van der Waals surface area contributed by atoms with E-state index in [0.29, 0.717) is 30.5 Å². The highest BCUT2D eigenvalue weighted by atomic mass is 79.9. The Hall–Kier alpha value is -0.960. The third-order valence-corrected chi connectivity index (χ3v) is 6.44. The molecule has 116 valence electrons. The maximum absolute atomic E-state index is 12.7. The summed E-state index contributed by atoms with van der Waals surface area (Å²) in [6.07, 6.45) is 1.26. The molecule has 0 saturated carbocycles. The van der Waals surface area contributed by atoms with Crippen molar-refractivity contribution in [1.29, 1.82) is 0 Å². The lowest BCUT2D eigenvalue weighted by Gasteiger charge is -2.30. The van der Waals surface area contributed by atoms with E-state index >= 15 is 0 Å². The van der Waals surface area contributed by atoms with Crippen LogP contribution in [0.3, 0.4) is 0 Å². The first-order chi connectivity index (χ1) is 9.84. The molecule has 6 nitrogen and oxygen atoms in total. The van der Waals surface area contributed by atoms with Gasteiger partial charge < -0.3 is 9.84 Å². The molecule has 2 rings (SSSR count). The van der Waals surface area contributed by atoms with Gasteiger partial charge in [-0.15, -0.1) is 0 Å². The van der Waals surface area contributed by atoms with Gasteiger partial charge in [-0.1, -0.05) is 0 Å². The van der Waals surface area contributed by atoms with Crippen molar-refractivity contribution in [3.05, 3.63) is 28.2 Å². The van der Waals surface area contributed by atoms with Crippen LogP contribution >= 0.6 is 15.9 Å². The summed E-state index contributed by atoms with van der Waals surface area (Å²) in [5.41, 5.74) is -0.0582. The normalized spacial score (nSPS) is 17.1. The van der Waals surface area contributed by atoms with E-state index in [4.69, 9.17) is 9.84 Å². The predicted molar refractivity (Wildman–Crippen MR) is 79.9 cm³/mol. The Bertz CT molecular complexity index is 640. The van der Waals surface area contributed by atoms with Crippen LogP contribution in [-0.4, -0.2) is 50.1 Å². The van der Waals surface area contributed by atoms with E-state index in [-0.39, 0.29) is 16.5 Å². The summed E-state index contributed by atoms with van der Waals surface area (Å²) in [5, 5.41) is 9.01. The van der Waals surface area contributed by atoms with Gasteiger partial charge in [0.25, 0.3) is 0 Å². The van der Waals surface area contributed by atoms with Gasteiger partial charge in [-0.3, -0.25) is 0 Å². The van der Waals surface area contributed by atoms with Gasteiger partial charge in [0.1, 0.15) is 0 Å². The number of ether oxygens (including phenoxy) is 1. The van der Waals surface area contributed by atoms with Crippen molar-refractivity contribution in [2.45, 2.75) is 23.8 Å². The molecule has 8 heteroatoms. The van der Waals surface area contributed by atoms with Crippen molar-refractivity contribution in [2.75, 3.05) is 20.3 Å². The summed E-state index contributed by atoms with van der Waals surface area (Å²) < 4.78 is 32.3. The van der Waals surface area contributed by atoms with E-state index in [2.05, 4.69) is 15.9 Å². The van der Waals surface area contributed by atoms with Crippen LogP contribution in [0.1, 0.15) is 23.2 Å². The standard InChI is InChI=1S/C13H16BrNO5S/c1-15(10-4-6-20-7-5-10)21(18,19)12-8-9(13(16)17)2-3-11(12)14/h2-3,8,10H,4-7H2,1H3,(H,16,17). The van der Waals surface area contributed by atoms with Crippen LogP contribution in [0.15, 0.2) is 27.6 Å². The molecule has 1 heterocycles. The first-order valence-electron chi connectivity index (χ1n) is 6.42. The molecule has 1 saturated heterocycles. The molecule has 1 fully saturated rings. The van der Waals surface area contributed by atoms with Crippen molar-refractivity contribution in [3.63, 3.8) is 0 Å². The molecule has 0 bridgehead atoms. The summed E-state index contributed by atoms with van der Waals surface area (Å²) >= 11 is 3.18. The topological polar surface area (TPSA) is 83.9 Å². The second kappa shape index (κ2) is 6.43. The zero-order valence-electron chi connectivity index (χ0n) is 11.5. The van der Waals surface area contributed by atoms with E-state index in [0.717, 1.165) is 0 Å². The third kappa shape index (κ3) is 3.45. The molecule has 0 atom stereocenters. The van der Waals surface area contributed by atoms with Gasteiger partial charge in [-0.25, -0.2) is 13.2 Å². The quantitative estimate of drug-likeness (QED) is 0.866. The minimum atomic E-state index is -3.76. The van der Waals surface area contributed by atoms with Crippen LogP contribution in [-0.2, 0) is 14.8 Å². The van der Waals surface area contributed by atoms with E-state index in [1.807, 2.05) is 0 Å². The molecule has 1 aliphatic heterocycles. The van der Waals surface area contributed by atoms with Crippen molar-refractivity contribution < 1.29 is 23.1 Å². The van der Waals surface area contributed by atoms with Gasteiger partial charge >= 0.3 is 5.97 Å². The molecule has 0 amide bonds. The molecule has 1 aliphatic rings. The zero-order valence-corrected chi connectivity index (χ0v) is 13.9. The van der Waals surface area contributed by atoms with Gasteiger partial charge in [0.2, 0.25) is 10.0 Å². The lowest BCUT2D eigenvalue weighted by atomic mass is 10.1. The number of sulfonamides is 1. The van der Waals surface area contributed by atoms with Crippen molar-refractivity contribution in [2.24, 2.45) is 0 Å². The molecule has 1 N–H and O–H groups in total. The van der Waals surface area contributed by atoms with Crippen LogP contribution < -0.4 is 0 Å². The molecule has 1 aromatic carbocycles. The summed E-state index contributed by atoms with van der Waals surface area (Å²) in [7, 11) is -2.24. The Morgan fingerprint density at radius 2 is 2.00 bits per heavy atom. The number of halogens is 1. The number of hydrogen-bond acceptors (Lipinski definition) is 4. The van der Waals surface area contributed by atoms with Crippen LogP contribution in [0.2, 0.25) is 0 Å². The highest BCUT2D eigenvalue weighted by molar-refractivity contribution is 9.10. The molecular weight excluding hydrogens is 362 g/mol. The lowest BCUT2D eigenvalue weighted by molar-refractivity contribution is 0.0632. The fraction of sp³-hybridized carbons (Fsp3) is 0.462. The average Bonchev–Trinajstić information content (AvgIpc) is 2.47. The number of nitrogens with zero attached hydrogens (tertiary/aromatic N) is 1. The highest BCUT2D eigenvalue weighted by Gasteiger charge is 2.31. The number of benzene rings is 1. The third-order valence-electron chi connectivity index (χ3n) is 3.54. The maximum atomic E-state index is 12.7. The Morgan fingerprint density at radius 3 is 2.57 bits per heavy atom. The second-order valence-electron chi connectivity index (χ2n) is 4.82. The van der Waals surface area contributed by atoms with Gasteiger partial charge in [-0.2, -0.15) is 4.31 Å². The van der Waals surface area contributed by atoms with Gasteiger partial charge in [-0.05, 0) is 47.0 Å². The number of carboxylic acid groups (broad SMARTS) is 1. The highest BCUT2D eigenvalue weighted by Crippen LogP contribution is 2.28. The molecule has 0 unspecified atom stereocenters. The minimum absolute atomic E-state index is 0.0311. The molecule has 0 aromatic heterocycles. The number of rotatable bonds is 4. The molecule has 0 aliphatic carbocycles. The van der Waals surface area contributed by atoms with Gasteiger partial charge in [0, 0.05) is 30.8 Å². The second-order valence-corrected chi connectivity index (χ2v) is 7.64. The summed E-state index contributed by atoms with van der Waals surface area (Å²) in [4.78, 5) is 11.0.